The predicted molar refractivity (Wildman–Crippen MR) is 59.7 cm³/mol. The van der Waals surface area contributed by atoms with Gasteiger partial charge in [-0.2, -0.15) is 5.10 Å². The highest BCUT2D eigenvalue weighted by Crippen LogP contribution is 1.96. The number of aryl methyl sites for hydroxylation is 3. The molecule has 0 saturated heterocycles. The van der Waals surface area contributed by atoms with Crippen molar-refractivity contribution in [2.24, 2.45) is 0 Å². The van der Waals surface area contributed by atoms with Crippen LogP contribution in [0.15, 0.2) is 18.6 Å². The topological polar surface area (TPSA) is 60.6 Å². The summed E-state index contributed by atoms with van der Waals surface area (Å²) in [5.74, 6) is 0. The van der Waals surface area contributed by atoms with Crippen LogP contribution in [0.4, 0.5) is 0 Å². The number of nitrogens with zero attached hydrogens (tertiary/aromatic N) is 5. The van der Waals surface area contributed by atoms with E-state index in [-0.39, 0.29) is 0 Å². The quantitative estimate of drug-likeness (QED) is 0.782. The highest BCUT2D eigenvalue weighted by molar-refractivity contribution is 4.99. The van der Waals surface area contributed by atoms with Gasteiger partial charge < -0.3 is 5.32 Å². The smallest absolute Gasteiger partial charge is 0.0964 e. The highest BCUT2D eigenvalue weighted by atomic mass is 15.4. The van der Waals surface area contributed by atoms with E-state index in [1.54, 1.807) is 0 Å². The van der Waals surface area contributed by atoms with Crippen LogP contribution in [0.1, 0.15) is 11.3 Å². The van der Waals surface area contributed by atoms with Crippen LogP contribution in [0.25, 0.3) is 0 Å². The van der Waals surface area contributed by atoms with Crippen LogP contribution in [0, 0.1) is 6.92 Å². The van der Waals surface area contributed by atoms with E-state index in [4.69, 9.17) is 0 Å². The molecule has 1 N–H and O–H groups in total. The van der Waals surface area contributed by atoms with Gasteiger partial charge in [0, 0.05) is 18.9 Å². The minimum absolute atomic E-state index is 0.751. The fraction of sp³-hybridized carbons (Fsp3) is 0.500. The Kier molecular flexibility index (Phi) is 3.31. The molecule has 0 aromatic carbocycles. The highest BCUT2D eigenvalue weighted by Gasteiger charge is 2.00. The van der Waals surface area contributed by atoms with Crippen molar-refractivity contribution in [1.82, 2.24) is 30.1 Å². The summed E-state index contributed by atoms with van der Waals surface area (Å²) in [6.45, 7) is 4.39. The monoisotopic (exact) mass is 220 g/mol. The van der Waals surface area contributed by atoms with Gasteiger partial charge in [-0.25, -0.2) is 0 Å². The summed E-state index contributed by atoms with van der Waals surface area (Å²) in [7, 11) is 1.89. The molecule has 0 radical (unpaired) electrons. The first kappa shape index (κ1) is 10.8. The van der Waals surface area contributed by atoms with Crippen molar-refractivity contribution in [3.63, 3.8) is 0 Å². The van der Waals surface area contributed by atoms with Crippen molar-refractivity contribution in [3.8, 4) is 0 Å². The summed E-state index contributed by atoms with van der Waals surface area (Å²) in [5, 5.41) is 15.3. The molecule has 2 aromatic heterocycles. The lowest BCUT2D eigenvalue weighted by Gasteiger charge is -2.00. The second-order valence-corrected chi connectivity index (χ2v) is 3.78. The summed E-state index contributed by atoms with van der Waals surface area (Å²) < 4.78 is 3.75. The summed E-state index contributed by atoms with van der Waals surface area (Å²) in [4.78, 5) is 0. The van der Waals surface area contributed by atoms with Crippen molar-refractivity contribution < 1.29 is 0 Å². The van der Waals surface area contributed by atoms with Crippen molar-refractivity contribution in [2.45, 2.75) is 26.6 Å². The second-order valence-electron chi connectivity index (χ2n) is 3.78. The molecule has 0 aliphatic carbocycles. The zero-order valence-corrected chi connectivity index (χ0v) is 9.59. The molecule has 0 spiro atoms. The van der Waals surface area contributed by atoms with Crippen molar-refractivity contribution >= 4 is 0 Å². The predicted octanol–water partition coefficient (Wildman–Crippen LogP) is 0.203. The fourth-order valence-corrected chi connectivity index (χ4v) is 1.50. The minimum Gasteiger partial charge on any atom is -0.314 e. The van der Waals surface area contributed by atoms with Crippen LogP contribution >= 0.6 is 0 Å². The lowest BCUT2D eigenvalue weighted by atomic mass is 10.4. The number of aromatic nitrogens is 5. The standard InChI is InChI=1S/C10H16N6/c1-9-5-12-15(7-9)3-4-16-8-10(6-11-2)13-14-16/h5,7-8,11H,3-4,6H2,1-2H3. The Morgan fingerprint density at radius 3 is 2.75 bits per heavy atom. The van der Waals surface area contributed by atoms with E-state index in [0.717, 1.165) is 25.3 Å². The first-order chi connectivity index (χ1) is 7.78. The number of nitrogens with one attached hydrogen (secondary N) is 1. The van der Waals surface area contributed by atoms with E-state index < -0.39 is 0 Å². The second kappa shape index (κ2) is 4.89. The van der Waals surface area contributed by atoms with Crippen LogP contribution in [-0.4, -0.2) is 31.8 Å². The molecule has 16 heavy (non-hydrogen) atoms. The van der Waals surface area contributed by atoms with Gasteiger partial charge in [-0.05, 0) is 19.5 Å². The molecule has 0 saturated carbocycles. The maximum atomic E-state index is 4.22. The molecule has 0 bridgehead atoms. The lowest BCUT2D eigenvalue weighted by Crippen LogP contribution is -2.08. The van der Waals surface area contributed by atoms with Gasteiger partial charge >= 0.3 is 0 Å². The van der Waals surface area contributed by atoms with Gasteiger partial charge in [-0.3, -0.25) is 9.36 Å². The molecular weight excluding hydrogens is 204 g/mol. The van der Waals surface area contributed by atoms with Gasteiger partial charge in [-0.15, -0.1) is 5.10 Å². The largest absolute Gasteiger partial charge is 0.314 e. The molecule has 2 rings (SSSR count). The third kappa shape index (κ3) is 2.66. The van der Waals surface area contributed by atoms with E-state index in [2.05, 4.69) is 20.7 Å². The molecule has 0 atom stereocenters. The van der Waals surface area contributed by atoms with Crippen molar-refractivity contribution in [1.29, 1.82) is 0 Å². The van der Waals surface area contributed by atoms with E-state index >= 15 is 0 Å². The van der Waals surface area contributed by atoms with Gasteiger partial charge in [0.05, 0.1) is 25.0 Å². The average Bonchev–Trinajstić information content (AvgIpc) is 2.85. The zero-order valence-electron chi connectivity index (χ0n) is 9.59. The Morgan fingerprint density at radius 2 is 2.06 bits per heavy atom. The van der Waals surface area contributed by atoms with E-state index in [0.29, 0.717) is 0 Å². The maximum absolute atomic E-state index is 4.22. The lowest BCUT2D eigenvalue weighted by molar-refractivity contribution is 0.489. The Labute approximate surface area is 94.3 Å². The Morgan fingerprint density at radius 1 is 1.25 bits per heavy atom. The average molecular weight is 220 g/mol. The van der Waals surface area contributed by atoms with Crippen LogP contribution in [0.3, 0.4) is 0 Å². The zero-order chi connectivity index (χ0) is 11.4. The third-order valence-electron chi connectivity index (χ3n) is 2.26. The summed E-state index contributed by atoms with van der Waals surface area (Å²) in [6, 6.07) is 0. The van der Waals surface area contributed by atoms with Gasteiger partial charge in [0.2, 0.25) is 0 Å². The first-order valence-corrected chi connectivity index (χ1v) is 5.30. The molecule has 0 fully saturated rings. The van der Waals surface area contributed by atoms with E-state index in [9.17, 15) is 0 Å². The van der Waals surface area contributed by atoms with Crippen LogP contribution in [0.2, 0.25) is 0 Å². The van der Waals surface area contributed by atoms with Crippen LogP contribution in [0.5, 0.6) is 0 Å². The molecule has 0 unspecified atom stereocenters. The Hall–Kier alpha value is -1.69. The van der Waals surface area contributed by atoms with Crippen molar-refractivity contribution in [3.05, 3.63) is 29.8 Å². The first-order valence-electron chi connectivity index (χ1n) is 5.30. The number of rotatable bonds is 5. The van der Waals surface area contributed by atoms with Gasteiger partial charge in [0.15, 0.2) is 0 Å². The Bertz CT molecular complexity index is 444. The number of hydrogen-bond acceptors (Lipinski definition) is 4. The SMILES string of the molecule is CNCc1cn(CCn2cc(C)cn2)nn1. The minimum atomic E-state index is 0.751. The third-order valence-corrected chi connectivity index (χ3v) is 2.26. The van der Waals surface area contributed by atoms with Gasteiger partial charge in [-0.1, -0.05) is 5.21 Å². The van der Waals surface area contributed by atoms with E-state index in [1.807, 2.05) is 41.9 Å². The van der Waals surface area contributed by atoms with Gasteiger partial charge in [0.25, 0.3) is 0 Å². The molecule has 2 heterocycles. The normalized spacial score (nSPS) is 10.9. The summed E-state index contributed by atoms with van der Waals surface area (Å²) in [6.07, 6.45) is 5.83. The molecule has 0 aliphatic heterocycles. The molecule has 0 aliphatic rings. The molecule has 2 aromatic rings. The molecule has 86 valence electrons. The van der Waals surface area contributed by atoms with Crippen LogP contribution in [-0.2, 0) is 19.6 Å². The van der Waals surface area contributed by atoms with Crippen molar-refractivity contribution in [2.75, 3.05) is 7.05 Å². The molecule has 6 nitrogen and oxygen atoms in total. The van der Waals surface area contributed by atoms with Gasteiger partial charge in [0.1, 0.15) is 0 Å². The Balaban J connectivity index is 1.89. The van der Waals surface area contributed by atoms with E-state index in [1.165, 1.54) is 5.56 Å². The number of hydrogen-bond donors (Lipinski definition) is 1. The maximum Gasteiger partial charge on any atom is 0.0964 e. The fourth-order valence-electron chi connectivity index (χ4n) is 1.50. The summed E-state index contributed by atoms with van der Waals surface area (Å²) >= 11 is 0. The molecule has 0 amide bonds. The molecule has 6 heteroatoms. The molecular formula is C10H16N6. The summed E-state index contributed by atoms with van der Waals surface area (Å²) in [5.41, 5.74) is 2.13. The van der Waals surface area contributed by atoms with Crippen LogP contribution < -0.4 is 5.32 Å².